The molecule has 3 aromatic carbocycles. The third-order valence-electron chi connectivity index (χ3n) is 5.65. The van der Waals surface area contributed by atoms with Crippen molar-refractivity contribution in [1.82, 2.24) is 15.5 Å². The molecule has 1 amide bonds. The zero-order valence-electron chi connectivity index (χ0n) is 21.2. The number of amides is 1. The molecule has 1 atom stereocenters. The van der Waals surface area contributed by atoms with Crippen molar-refractivity contribution in [1.29, 1.82) is 0 Å². The van der Waals surface area contributed by atoms with Crippen LogP contribution in [0.2, 0.25) is 0 Å². The smallest absolute Gasteiger partial charge is 0.308 e. The molecule has 0 aliphatic carbocycles. The Labute approximate surface area is 219 Å². The third kappa shape index (κ3) is 6.28. The lowest BCUT2D eigenvalue weighted by Crippen LogP contribution is -2.30. The second-order valence-corrected chi connectivity index (χ2v) is 8.08. The van der Waals surface area contributed by atoms with Gasteiger partial charge in [-0.3, -0.25) is 9.59 Å². The molecule has 0 aliphatic rings. The number of nitrogens with zero attached hydrogens (tertiary/aromatic N) is 2. The lowest BCUT2D eigenvalue weighted by Gasteiger charge is -2.18. The van der Waals surface area contributed by atoms with Gasteiger partial charge in [-0.2, -0.15) is 0 Å². The fourth-order valence-corrected chi connectivity index (χ4v) is 3.77. The molecule has 1 unspecified atom stereocenters. The topological polar surface area (TPSA) is 122 Å². The van der Waals surface area contributed by atoms with Crippen LogP contribution in [0.15, 0.2) is 77.2 Å². The number of esters is 1. The predicted octanol–water partition coefficient (Wildman–Crippen LogP) is 4.37. The molecule has 1 aromatic heterocycles. The number of carbonyl (C=O) groups is 2. The summed E-state index contributed by atoms with van der Waals surface area (Å²) < 4.78 is 27.1. The van der Waals surface area contributed by atoms with Crippen molar-refractivity contribution in [2.45, 2.75) is 19.1 Å². The van der Waals surface area contributed by atoms with Crippen LogP contribution in [-0.2, 0) is 16.1 Å². The highest BCUT2D eigenvalue weighted by atomic mass is 16.5. The summed E-state index contributed by atoms with van der Waals surface area (Å²) in [5, 5.41) is 10.9. The van der Waals surface area contributed by atoms with E-state index in [1.165, 1.54) is 21.3 Å². The van der Waals surface area contributed by atoms with Gasteiger partial charge in [0.15, 0.2) is 18.1 Å². The molecule has 0 spiro atoms. The fourth-order valence-electron chi connectivity index (χ4n) is 3.77. The molecule has 38 heavy (non-hydrogen) atoms. The van der Waals surface area contributed by atoms with Gasteiger partial charge in [-0.15, -0.1) is 10.2 Å². The monoisotopic (exact) mass is 517 g/mol. The van der Waals surface area contributed by atoms with Gasteiger partial charge >= 0.3 is 5.97 Å². The number of aromatic nitrogens is 2. The zero-order valence-corrected chi connectivity index (χ0v) is 21.2. The Bertz CT molecular complexity index is 1350. The van der Waals surface area contributed by atoms with E-state index in [1.54, 1.807) is 36.4 Å². The van der Waals surface area contributed by atoms with E-state index in [9.17, 15) is 9.59 Å². The maximum Gasteiger partial charge on any atom is 0.308 e. The number of ether oxygens (including phenoxy) is 4. The highest BCUT2D eigenvalue weighted by Gasteiger charge is 2.22. The number of rotatable bonds is 11. The van der Waals surface area contributed by atoms with E-state index in [4.69, 9.17) is 23.4 Å². The molecule has 0 bridgehead atoms. The average molecular weight is 518 g/mol. The van der Waals surface area contributed by atoms with E-state index in [0.29, 0.717) is 28.4 Å². The van der Waals surface area contributed by atoms with Crippen LogP contribution in [0.3, 0.4) is 0 Å². The first kappa shape index (κ1) is 26.2. The van der Waals surface area contributed by atoms with E-state index in [2.05, 4.69) is 15.5 Å². The minimum absolute atomic E-state index is 0.0868. The molecule has 0 saturated heterocycles. The van der Waals surface area contributed by atoms with Crippen LogP contribution < -0.4 is 19.5 Å². The minimum atomic E-state index is -0.589. The Hall–Kier alpha value is -4.86. The summed E-state index contributed by atoms with van der Waals surface area (Å²) in [5.74, 6) is 0.743. The Balaban J connectivity index is 1.43. The van der Waals surface area contributed by atoms with Gasteiger partial charge in [0, 0.05) is 11.1 Å². The Morgan fingerprint density at radius 2 is 1.50 bits per heavy atom. The zero-order chi connectivity index (χ0) is 26.9. The predicted molar refractivity (Wildman–Crippen MR) is 137 cm³/mol. The molecule has 0 fully saturated rings. The maximum atomic E-state index is 12.7. The van der Waals surface area contributed by atoms with Crippen LogP contribution in [0.25, 0.3) is 11.5 Å². The lowest BCUT2D eigenvalue weighted by molar-refractivity contribution is -0.146. The number of hydrogen-bond donors (Lipinski definition) is 1. The number of nitrogens with one attached hydrogen (secondary N) is 1. The molecular formula is C28H27N3O7. The van der Waals surface area contributed by atoms with Gasteiger partial charge in [-0.05, 0) is 29.8 Å². The maximum absolute atomic E-state index is 12.7. The summed E-state index contributed by atoms with van der Waals surface area (Å²) in [4.78, 5) is 25.5. The summed E-state index contributed by atoms with van der Waals surface area (Å²) in [6.07, 6.45) is -0.0868. The van der Waals surface area contributed by atoms with Gasteiger partial charge in [0.2, 0.25) is 11.6 Å². The molecule has 0 aliphatic heterocycles. The number of carbonyl (C=O) groups excluding carboxylic acids is 2. The summed E-state index contributed by atoms with van der Waals surface area (Å²) >= 11 is 0. The number of hydrogen-bond acceptors (Lipinski definition) is 9. The van der Waals surface area contributed by atoms with Gasteiger partial charge in [-0.25, -0.2) is 0 Å². The number of benzene rings is 3. The quantitative estimate of drug-likeness (QED) is 0.289. The molecule has 1 heterocycles. The van der Waals surface area contributed by atoms with Gasteiger partial charge in [0.05, 0.1) is 33.8 Å². The van der Waals surface area contributed by atoms with Gasteiger partial charge in [0.25, 0.3) is 11.8 Å². The second kappa shape index (κ2) is 12.4. The van der Waals surface area contributed by atoms with Crippen molar-refractivity contribution in [2.75, 3.05) is 21.3 Å². The average Bonchev–Trinajstić information content (AvgIpc) is 3.45. The summed E-state index contributed by atoms with van der Waals surface area (Å²) in [6, 6.07) is 20.8. The van der Waals surface area contributed by atoms with Gasteiger partial charge in [0.1, 0.15) is 0 Å². The highest BCUT2D eigenvalue weighted by Crippen LogP contribution is 2.40. The molecule has 4 aromatic rings. The van der Waals surface area contributed by atoms with Crippen molar-refractivity contribution in [3.63, 3.8) is 0 Å². The molecule has 10 heteroatoms. The van der Waals surface area contributed by atoms with E-state index in [-0.39, 0.29) is 30.7 Å². The van der Waals surface area contributed by atoms with Crippen molar-refractivity contribution >= 4 is 11.9 Å². The van der Waals surface area contributed by atoms with Crippen LogP contribution >= 0.6 is 0 Å². The van der Waals surface area contributed by atoms with Crippen LogP contribution in [0.5, 0.6) is 17.2 Å². The Morgan fingerprint density at radius 1 is 0.868 bits per heavy atom. The first-order chi connectivity index (χ1) is 18.5. The second-order valence-electron chi connectivity index (χ2n) is 8.08. The van der Waals surface area contributed by atoms with Crippen LogP contribution in [0.1, 0.15) is 34.3 Å². The van der Waals surface area contributed by atoms with E-state index < -0.39 is 12.0 Å². The minimum Gasteiger partial charge on any atom is -0.493 e. The standard InChI is InChI=1S/C28H27N3O7/c1-34-22-14-20(15-23(35-2)26(22)36-3)28-31-30-24(38-28)17-37-25(32)16-21(18-10-6-4-7-11-18)29-27(33)19-12-8-5-9-13-19/h4-15,21H,16-17H2,1-3H3,(H,29,33). The Kier molecular flexibility index (Phi) is 8.55. The van der Waals surface area contributed by atoms with E-state index >= 15 is 0 Å². The Morgan fingerprint density at radius 3 is 2.11 bits per heavy atom. The van der Waals surface area contributed by atoms with Crippen LogP contribution in [-0.4, -0.2) is 43.4 Å². The normalized spacial score (nSPS) is 11.3. The molecule has 0 saturated carbocycles. The van der Waals surface area contributed by atoms with Crippen molar-refractivity contribution in [2.24, 2.45) is 0 Å². The molecule has 10 nitrogen and oxygen atoms in total. The van der Waals surface area contributed by atoms with Crippen LogP contribution in [0, 0.1) is 0 Å². The summed E-state index contributed by atoms with van der Waals surface area (Å²) in [6.45, 7) is -0.232. The fraction of sp³-hybridized carbons (Fsp3) is 0.214. The van der Waals surface area contributed by atoms with E-state index in [1.807, 2.05) is 36.4 Å². The van der Waals surface area contributed by atoms with Gasteiger partial charge < -0.3 is 28.7 Å². The third-order valence-corrected chi connectivity index (χ3v) is 5.65. The summed E-state index contributed by atoms with van der Waals surface area (Å²) in [7, 11) is 4.52. The van der Waals surface area contributed by atoms with Crippen molar-refractivity contribution in [3.8, 4) is 28.7 Å². The largest absolute Gasteiger partial charge is 0.493 e. The SMILES string of the molecule is COc1cc(-c2nnc(COC(=O)CC(NC(=O)c3ccccc3)c3ccccc3)o2)cc(OC)c1OC. The highest BCUT2D eigenvalue weighted by molar-refractivity contribution is 5.94. The summed E-state index contributed by atoms with van der Waals surface area (Å²) in [5.41, 5.74) is 1.81. The van der Waals surface area contributed by atoms with Gasteiger partial charge in [-0.1, -0.05) is 48.5 Å². The van der Waals surface area contributed by atoms with Crippen LogP contribution in [0.4, 0.5) is 0 Å². The first-order valence-corrected chi connectivity index (χ1v) is 11.7. The molecule has 4 rings (SSSR count). The number of methoxy groups -OCH3 is 3. The van der Waals surface area contributed by atoms with Crippen molar-refractivity contribution < 1.29 is 33.0 Å². The van der Waals surface area contributed by atoms with E-state index in [0.717, 1.165) is 5.56 Å². The molecule has 0 radical (unpaired) electrons. The molecule has 1 N–H and O–H groups in total. The molecule has 196 valence electrons. The van der Waals surface area contributed by atoms with Crippen molar-refractivity contribution in [3.05, 3.63) is 89.8 Å². The molecular weight excluding hydrogens is 490 g/mol. The lowest BCUT2D eigenvalue weighted by atomic mass is 10.0. The first-order valence-electron chi connectivity index (χ1n) is 11.7.